The highest BCUT2D eigenvalue weighted by atomic mass is 19.4. The van der Waals surface area contributed by atoms with Gasteiger partial charge in [-0.25, -0.2) is 0 Å². The monoisotopic (exact) mass is 238 g/mol. The van der Waals surface area contributed by atoms with Crippen LogP contribution in [-0.2, 0) is 0 Å². The Morgan fingerprint density at radius 3 is 2.19 bits per heavy atom. The van der Waals surface area contributed by atoms with Gasteiger partial charge in [-0.3, -0.25) is 0 Å². The van der Waals surface area contributed by atoms with Crippen molar-refractivity contribution in [3.8, 4) is 0 Å². The van der Waals surface area contributed by atoms with E-state index in [0.29, 0.717) is 18.3 Å². The minimum absolute atomic E-state index is 0.0355. The van der Waals surface area contributed by atoms with E-state index in [9.17, 15) is 18.3 Å². The first-order chi connectivity index (χ1) is 7.23. The first-order valence-corrected chi connectivity index (χ1v) is 5.98. The molecular formula is C12H21F3O. The van der Waals surface area contributed by atoms with E-state index in [2.05, 4.69) is 0 Å². The lowest BCUT2D eigenvalue weighted by molar-refractivity contribution is -0.229. The Bertz CT molecular complexity index is 225. The highest BCUT2D eigenvalue weighted by Crippen LogP contribution is 2.42. The van der Waals surface area contributed by atoms with Gasteiger partial charge in [-0.05, 0) is 36.5 Å². The number of hydrogen-bond donors (Lipinski definition) is 1. The summed E-state index contributed by atoms with van der Waals surface area (Å²) in [6, 6.07) is 0. The molecule has 0 saturated heterocycles. The Morgan fingerprint density at radius 1 is 1.19 bits per heavy atom. The number of hydrogen-bond acceptors (Lipinski definition) is 1. The van der Waals surface area contributed by atoms with Gasteiger partial charge in [0.2, 0.25) is 0 Å². The van der Waals surface area contributed by atoms with Crippen molar-refractivity contribution in [2.24, 2.45) is 23.7 Å². The van der Waals surface area contributed by atoms with Crippen molar-refractivity contribution in [2.75, 3.05) is 0 Å². The van der Waals surface area contributed by atoms with Crippen molar-refractivity contribution in [3.05, 3.63) is 0 Å². The van der Waals surface area contributed by atoms with Gasteiger partial charge in [0.25, 0.3) is 0 Å². The smallest absolute Gasteiger partial charge is 0.383 e. The molecule has 1 N–H and O–H groups in total. The van der Waals surface area contributed by atoms with Gasteiger partial charge in [-0.1, -0.05) is 27.2 Å². The van der Waals surface area contributed by atoms with Gasteiger partial charge >= 0.3 is 6.18 Å². The number of halogens is 3. The van der Waals surface area contributed by atoms with E-state index in [0.717, 1.165) is 12.8 Å². The third-order valence-corrected chi connectivity index (χ3v) is 3.98. The van der Waals surface area contributed by atoms with Crippen LogP contribution in [0.15, 0.2) is 0 Å². The van der Waals surface area contributed by atoms with Crippen LogP contribution < -0.4 is 0 Å². The van der Waals surface area contributed by atoms with Crippen molar-refractivity contribution < 1.29 is 18.3 Å². The third-order valence-electron chi connectivity index (χ3n) is 3.98. The lowest BCUT2D eigenvalue weighted by Gasteiger charge is -2.39. The Balaban J connectivity index is 2.70. The highest BCUT2D eigenvalue weighted by molar-refractivity contribution is 4.86. The fourth-order valence-corrected chi connectivity index (χ4v) is 2.68. The van der Waals surface area contributed by atoms with Crippen molar-refractivity contribution in [1.82, 2.24) is 0 Å². The van der Waals surface area contributed by atoms with Gasteiger partial charge in [0.15, 0.2) is 6.10 Å². The molecule has 0 aliphatic heterocycles. The second-order valence-corrected chi connectivity index (χ2v) is 5.44. The van der Waals surface area contributed by atoms with Crippen molar-refractivity contribution in [3.63, 3.8) is 0 Å². The summed E-state index contributed by atoms with van der Waals surface area (Å²) in [5.41, 5.74) is 0. The molecule has 0 amide bonds. The lowest BCUT2D eigenvalue weighted by Crippen LogP contribution is -2.42. The second kappa shape index (κ2) is 4.94. The molecule has 1 aliphatic rings. The zero-order valence-electron chi connectivity index (χ0n) is 10.1. The van der Waals surface area contributed by atoms with Gasteiger partial charge in [0.05, 0.1) is 0 Å². The molecule has 0 aromatic heterocycles. The Kier molecular flexibility index (Phi) is 4.27. The van der Waals surface area contributed by atoms with Crippen LogP contribution in [0, 0.1) is 23.7 Å². The maximum atomic E-state index is 12.5. The van der Waals surface area contributed by atoms with E-state index >= 15 is 0 Å². The molecule has 0 radical (unpaired) electrons. The first kappa shape index (κ1) is 13.8. The topological polar surface area (TPSA) is 20.2 Å². The SMILES string of the molecule is CC(C)C1CCC(C)C(C(O)C(F)(F)F)C1. The maximum Gasteiger partial charge on any atom is 0.414 e. The molecular weight excluding hydrogens is 217 g/mol. The predicted molar refractivity (Wildman–Crippen MR) is 56.9 cm³/mol. The molecule has 1 saturated carbocycles. The average Bonchev–Trinajstić information content (AvgIpc) is 2.15. The molecule has 1 nitrogen and oxygen atoms in total. The molecule has 4 unspecified atom stereocenters. The molecule has 96 valence electrons. The van der Waals surface area contributed by atoms with Crippen LogP contribution in [0.4, 0.5) is 13.2 Å². The summed E-state index contributed by atoms with van der Waals surface area (Å²) < 4.78 is 37.5. The lowest BCUT2D eigenvalue weighted by atomic mass is 9.69. The zero-order valence-corrected chi connectivity index (χ0v) is 10.1. The summed E-state index contributed by atoms with van der Waals surface area (Å²) in [5.74, 6) is 0.0569. The number of aliphatic hydroxyl groups excluding tert-OH is 1. The van der Waals surface area contributed by atoms with E-state index in [4.69, 9.17) is 0 Å². The quantitative estimate of drug-likeness (QED) is 0.779. The summed E-state index contributed by atoms with van der Waals surface area (Å²) in [5, 5.41) is 9.36. The summed E-state index contributed by atoms with van der Waals surface area (Å²) >= 11 is 0. The van der Waals surface area contributed by atoms with E-state index in [1.54, 1.807) is 0 Å². The van der Waals surface area contributed by atoms with Crippen LogP contribution in [0.3, 0.4) is 0 Å². The molecule has 0 heterocycles. The molecule has 4 atom stereocenters. The fraction of sp³-hybridized carbons (Fsp3) is 1.00. The summed E-state index contributed by atoms with van der Waals surface area (Å²) in [6.07, 6.45) is -4.35. The molecule has 1 aliphatic carbocycles. The van der Waals surface area contributed by atoms with Crippen LogP contribution in [0.2, 0.25) is 0 Å². The first-order valence-electron chi connectivity index (χ1n) is 5.98. The van der Waals surface area contributed by atoms with Crippen LogP contribution in [-0.4, -0.2) is 17.4 Å². The Hall–Kier alpha value is -0.250. The molecule has 0 aromatic carbocycles. The van der Waals surface area contributed by atoms with E-state index < -0.39 is 18.2 Å². The van der Waals surface area contributed by atoms with E-state index in [-0.39, 0.29) is 5.92 Å². The van der Waals surface area contributed by atoms with Gasteiger partial charge < -0.3 is 5.11 Å². The van der Waals surface area contributed by atoms with Gasteiger partial charge in [-0.15, -0.1) is 0 Å². The molecule has 4 heteroatoms. The second-order valence-electron chi connectivity index (χ2n) is 5.44. The molecule has 0 aromatic rings. The average molecular weight is 238 g/mol. The number of aliphatic hydroxyl groups is 1. The largest absolute Gasteiger partial charge is 0.414 e. The van der Waals surface area contributed by atoms with Crippen molar-refractivity contribution in [2.45, 2.75) is 52.3 Å². The Labute approximate surface area is 95.0 Å². The van der Waals surface area contributed by atoms with Crippen molar-refractivity contribution >= 4 is 0 Å². The predicted octanol–water partition coefficient (Wildman–Crippen LogP) is 3.62. The minimum Gasteiger partial charge on any atom is -0.383 e. The van der Waals surface area contributed by atoms with Crippen molar-refractivity contribution in [1.29, 1.82) is 0 Å². The van der Waals surface area contributed by atoms with Crippen LogP contribution >= 0.6 is 0 Å². The highest BCUT2D eigenvalue weighted by Gasteiger charge is 2.47. The van der Waals surface area contributed by atoms with Crippen LogP contribution in [0.1, 0.15) is 40.0 Å². The minimum atomic E-state index is -4.47. The molecule has 1 fully saturated rings. The third kappa shape index (κ3) is 3.12. The molecule has 0 bridgehead atoms. The van der Waals surface area contributed by atoms with E-state index in [1.165, 1.54) is 0 Å². The van der Waals surface area contributed by atoms with E-state index in [1.807, 2.05) is 20.8 Å². The number of alkyl halides is 3. The summed E-state index contributed by atoms with van der Waals surface area (Å²) in [6.45, 7) is 5.89. The Morgan fingerprint density at radius 2 is 1.75 bits per heavy atom. The summed E-state index contributed by atoms with van der Waals surface area (Å²) in [4.78, 5) is 0. The molecule has 0 spiro atoms. The zero-order chi connectivity index (χ0) is 12.5. The maximum absolute atomic E-state index is 12.5. The number of rotatable bonds is 2. The normalized spacial score (nSPS) is 34.1. The van der Waals surface area contributed by atoms with Gasteiger partial charge in [0.1, 0.15) is 0 Å². The molecule has 16 heavy (non-hydrogen) atoms. The van der Waals surface area contributed by atoms with Crippen LogP contribution in [0.25, 0.3) is 0 Å². The standard InChI is InChI=1S/C12H21F3O/c1-7(2)9-5-4-8(3)10(6-9)11(16)12(13,14)15/h7-11,16H,4-6H2,1-3H3. The van der Waals surface area contributed by atoms with Gasteiger partial charge in [0, 0.05) is 0 Å². The van der Waals surface area contributed by atoms with Crippen LogP contribution in [0.5, 0.6) is 0 Å². The fourth-order valence-electron chi connectivity index (χ4n) is 2.68. The summed E-state index contributed by atoms with van der Waals surface area (Å²) in [7, 11) is 0. The van der Waals surface area contributed by atoms with Gasteiger partial charge in [-0.2, -0.15) is 13.2 Å². The molecule has 1 rings (SSSR count).